The molecule has 4 rings (SSSR count). The number of anilines is 2. The first kappa shape index (κ1) is 16.9. The van der Waals surface area contributed by atoms with E-state index in [1.54, 1.807) is 0 Å². The minimum absolute atomic E-state index is 0.283. The Morgan fingerprint density at radius 3 is 2.58 bits per heavy atom. The second-order valence-electron chi connectivity index (χ2n) is 5.95. The van der Waals surface area contributed by atoms with Gasteiger partial charge in [-0.1, -0.05) is 35.0 Å². The molecule has 0 saturated heterocycles. The van der Waals surface area contributed by atoms with Crippen molar-refractivity contribution in [3.63, 3.8) is 0 Å². The standard InChI is InChI=1S/C19H16ClN3O2S/c1-13-10-18(21-25-13)22-11-14-4-2-3-5-17(14)24-12-23(19(22)26)16-8-6-15(20)7-9-16/h2-10H,11-12H2,1H3. The molecule has 0 bridgehead atoms. The van der Waals surface area contributed by atoms with Gasteiger partial charge in [0.2, 0.25) is 0 Å². The molecule has 132 valence electrons. The fourth-order valence-electron chi connectivity index (χ4n) is 2.81. The van der Waals surface area contributed by atoms with Crippen molar-refractivity contribution in [1.82, 2.24) is 5.16 Å². The lowest BCUT2D eigenvalue weighted by molar-refractivity contribution is 0.323. The Kier molecular flexibility index (Phi) is 4.53. The SMILES string of the molecule is Cc1cc(N2Cc3ccccc3OCN(c3ccc(Cl)cc3)C2=S)no1. The maximum Gasteiger partial charge on any atom is 0.184 e. The minimum atomic E-state index is 0.283. The molecule has 0 fully saturated rings. The van der Waals surface area contributed by atoms with E-state index in [1.165, 1.54) is 0 Å². The first-order valence-corrected chi connectivity index (χ1v) is 8.89. The van der Waals surface area contributed by atoms with Gasteiger partial charge in [0.05, 0.1) is 6.54 Å². The summed E-state index contributed by atoms with van der Waals surface area (Å²) in [5.41, 5.74) is 1.93. The number of halogens is 1. The van der Waals surface area contributed by atoms with Gasteiger partial charge in [-0.2, -0.15) is 0 Å². The Labute approximate surface area is 161 Å². The van der Waals surface area contributed by atoms with E-state index in [0.29, 0.717) is 22.5 Å². The van der Waals surface area contributed by atoms with Crippen molar-refractivity contribution in [2.75, 3.05) is 16.5 Å². The van der Waals surface area contributed by atoms with Crippen LogP contribution in [0.3, 0.4) is 0 Å². The van der Waals surface area contributed by atoms with Gasteiger partial charge in [-0.15, -0.1) is 0 Å². The Morgan fingerprint density at radius 2 is 1.85 bits per heavy atom. The average Bonchev–Trinajstić information content (AvgIpc) is 3.06. The highest BCUT2D eigenvalue weighted by atomic mass is 35.5. The van der Waals surface area contributed by atoms with Crippen LogP contribution in [0.1, 0.15) is 11.3 Å². The van der Waals surface area contributed by atoms with Gasteiger partial charge in [0, 0.05) is 22.3 Å². The topological polar surface area (TPSA) is 41.7 Å². The second kappa shape index (κ2) is 6.97. The molecule has 2 heterocycles. The molecule has 0 amide bonds. The molecule has 7 heteroatoms. The van der Waals surface area contributed by atoms with Crippen LogP contribution in [-0.4, -0.2) is 17.0 Å². The van der Waals surface area contributed by atoms with Crippen LogP contribution in [0.25, 0.3) is 0 Å². The first-order valence-electron chi connectivity index (χ1n) is 8.10. The quantitative estimate of drug-likeness (QED) is 0.591. The maximum atomic E-state index is 6.02. The van der Waals surface area contributed by atoms with Gasteiger partial charge in [0.25, 0.3) is 0 Å². The number of aryl methyl sites for hydroxylation is 1. The van der Waals surface area contributed by atoms with E-state index < -0.39 is 0 Å². The number of para-hydroxylation sites is 1. The third-order valence-corrected chi connectivity index (χ3v) is 4.84. The Bertz CT molecular complexity index is 942. The summed E-state index contributed by atoms with van der Waals surface area (Å²) in [7, 11) is 0. The summed E-state index contributed by atoms with van der Waals surface area (Å²) in [6.07, 6.45) is 0. The van der Waals surface area contributed by atoms with E-state index in [2.05, 4.69) is 5.16 Å². The van der Waals surface area contributed by atoms with Crippen LogP contribution in [0.2, 0.25) is 5.02 Å². The number of hydrogen-bond acceptors (Lipinski definition) is 4. The first-order chi connectivity index (χ1) is 12.6. The summed E-state index contributed by atoms with van der Waals surface area (Å²) in [6, 6.07) is 17.3. The molecular formula is C19H16ClN3O2S. The van der Waals surface area contributed by atoms with E-state index in [4.69, 9.17) is 33.1 Å². The van der Waals surface area contributed by atoms with Crippen molar-refractivity contribution in [2.24, 2.45) is 0 Å². The molecule has 0 N–H and O–H groups in total. The zero-order valence-corrected chi connectivity index (χ0v) is 15.6. The van der Waals surface area contributed by atoms with Crippen molar-refractivity contribution >= 4 is 40.4 Å². The molecule has 5 nitrogen and oxygen atoms in total. The van der Waals surface area contributed by atoms with E-state index in [-0.39, 0.29) is 6.73 Å². The third-order valence-electron chi connectivity index (χ3n) is 4.14. The molecular weight excluding hydrogens is 370 g/mol. The van der Waals surface area contributed by atoms with Crippen LogP contribution in [0.5, 0.6) is 5.75 Å². The Morgan fingerprint density at radius 1 is 1.08 bits per heavy atom. The van der Waals surface area contributed by atoms with E-state index in [1.807, 2.05) is 71.3 Å². The smallest absolute Gasteiger partial charge is 0.184 e. The Balaban J connectivity index is 1.77. The van der Waals surface area contributed by atoms with Gasteiger partial charge >= 0.3 is 0 Å². The average molecular weight is 386 g/mol. The summed E-state index contributed by atoms with van der Waals surface area (Å²) in [6.45, 7) is 2.67. The summed E-state index contributed by atoms with van der Waals surface area (Å²) in [5, 5.41) is 5.40. The summed E-state index contributed by atoms with van der Waals surface area (Å²) in [5.74, 6) is 2.22. The van der Waals surface area contributed by atoms with Crippen molar-refractivity contribution in [3.8, 4) is 5.75 Å². The molecule has 1 aromatic heterocycles. The number of ether oxygens (including phenoxy) is 1. The van der Waals surface area contributed by atoms with Crippen LogP contribution >= 0.6 is 23.8 Å². The zero-order chi connectivity index (χ0) is 18.1. The van der Waals surface area contributed by atoms with Crippen LogP contribution < -0.4 is 14.5 Å². The molecule has 0 spiro atoms. The largest absolute Gasteiger partial charge is 0.472 e. The third kappa shape index (κ3) is 3.25. The van der Waals surface area contributed by atoms with Crippen LogP contribution in [0, 0.1) is 6.92 Å². The molecule has 1 aliphatic heterocycles. The number of nitrogens with zero attached hydrogens (tertiary/aromatic N) is 3. The van der Waals surface area contributed by atoms with Crippen molar-refractivity contribution < 1.29 is 9.26 Å². The fraction of sp³-hybridized carbons (Fsp3) is 0.158. The highest BCUT2D eigenvalue weighted by Crippen LogP contribution is 2.29. The van der Waals surface area contributed by atoms with Gasteiger partial charge in [-0.25, -0.2) is 0 Å². The lowest BCUT2D eigenvalue weighted by atomic mass is 10.2. The summed E-state index contributed by atoms with van der Waals surface area (Å²) in [4.78, 5) is 3.85. The Hall–Kier alpha value is -2.57. The monoisotopic (exact) mass is 385 g/mol. The van der Waals surface area contributed by atoms with Crippen LogP contribution in [0.4, 0.5) is 11.5 Å². The molecule has 0 aliphatic carbocycles. The van der Waals surface area contributed by atoms with Gasteiger partial charge in [-0.3, -0.25) is 9.80 Å². The van der Waals surface area contributed by atoms with Crippen LogP contribution in [-0.2, 0) is 6.54 Å². The lowest BCUT2D eigenvalue weighted by Crippen LogP contribution is -2.46. The molecule has 1 aliphatic rings. The number of hydrogen-bond donors (Lipinski definition) is 0. The predicted molar refractivity (Wildman–Crippen MR) is 106 cm³/mol. The van der Waals surface area contributed by atoms with E-state index >= 15 is 0 Å². The molecule has 0 unspecified atom stereocenters. The van der Waals surface area contributed by atoms with Gasteiger partial charge < -0.3 is 9.26 Å². The minimum Gasteiger partial charge on any atom is -0.472 e. The highest BCUT2D eigenvalue weighted by molar-refractivity contribution is 7.80. The van der Waals surface area contributed by atoms with Gasteiger partial charge in [0.1, 0.15) is 11.5 Å². The molecule has 3 aromatic rings. The van der Waals surface area contributed by atoms with E-state index in [0.717, 1.165) is 22.8 Å². The summed E-state index contributed by atoms with van der Waals surface area (Å²) >= 11 is 11.8. The number of benzene rings is 2. The number of thiocarbonyl (C=S) groups is 1. The molecule has 0 saturated carbocycles. The van der Waals surface area contributed by atoms with Crippen LogP contribution in [0.15, 0.2) is 59.1 Å². The maximum absolute atomic E-state index is 6.02. The van der Waals surface area contributed by atoms with Crippen molar-refractivity contribution in [2.45, 2.75) is 13.5 Å². The van der Waals surface area contributed by atoms with Crippen molar-refractivity contribution in [3.05, 3.63) is 70.9 Å². The number of rotatable bonds is 2. The van der Waals surface area contributed by atoms with Gasteiger partial charge in [0.15, 0.2) is 17.7 Å². The van der Waals surface area contributed by atoms with Crippen molar-refractivity contribution in [1.29, 1.82) is 0 Å². The predicted octanol–water partition coefficient (Wildman–Crippen LogP) is 4.78. The highest BCUT2D eigenvalue weighted by Gasteiger charge is 2.26. The second-order valence-corrected chi connectivity index (χ2v) is 6.75. The van der Waals surface area contributed by atoms with Gasteiger partial charge in [-0.05, 0) is 49.5 Å². The molecule has 2 aromatic carbocycles. The molecule has 0 radical (unpaired) electrons. The zero-order valence-electron chi connectivity index (χ0n) is 14.1. The lowest BCUT2D eigenvalue weighted by Gasteiger charge is -2.35. The molecule has 0 atom stereocenters. The van der Waals surface area contributed by atoms with E-state index in [9.17, 15) is 0 Å². The number of fused-ring (bicyclic) bond motifs is 1. The fourth-order valence-corrected chi connectivity index (χ4v) is 3.26. The summed E-state index contributed by atoms with van der Waals surface area (Å²) < 4.78 is 11.3. The molecule has 26 heavy (non-hydrogen) atoms. The number of aromatic nitrogens is 1. The normalized spacial score (nSPS) is 14.5.